The van der Waals surface area contributed by atoms with Crippen LogP contribution in [-0.2, 0) is 14.3 Å². The number of likely N-dealkylation sites (N-methyl/N-ethyl adjacent to an activating group) is 1. The fraction of sp³-hybridized carbons (Fsp3) is 0.846. The molecule has 0 radical (unpaired) electrons. The van der Waals surface area contributed by atoms with Crippen LogP contribution in [0, 0.1) is 5.92 Å². The van der Waals surface area contributed by atoms with Gasteiger partial charge in [0.1, 0.15) is 0 Å². The number of piperidine rings is 1. The number of rotatable bonds is 4. The summed E-state index contributed by atoms with van der Waals surface area (Å²) in [7, 11) is 3.11. The lowest BCUT2D eigenvalue weighted by Crippen LogP contribution is -2.57. The Kier molecular flexibility index (Phi) is 7.37. The van der Waals surface area contributed by atoms with Crippen LogP contribution in [0.2, 0.25) is 0 Å². The van der Waals surface area contributed by atoms with Crippen LogP contribution in [0.15, 0.2) is 0 Å². The van der Waals surface area contributed by atoms with Gasteiger partial charge >= 0.3 is 5.97 Å². The molecule has 1 rings (SSSR count). The molecule has 0 aromatic heterocycles. The molecule has 0 bridgehead atoms. The summed E-state index contributed by atoms with van der Waals surface area (Å²) in [5.74, 6) is -0.523. The highest BCUT2D eigenvalue weighted by molar-refractivity contribution is 5.86. The molecule has 1 aliphatic heterocycles. The predicted octanol–water partition coefficient (Wildman–Crippen LogP) is 1.21. The number of methoxy groups -OCH3 is 1. The third-order valence-electron chi connectivity index (χ3n) is 3.59. The first-order chi connectivity index (χ1) is 8.40. The Hall–Kier alpha value is -0.810. The van der Waals surface area contributed by atoms with Crippen LogP contribution < -0.4 is 5.32 Å². The Morgan fingerprint density at radius 2 is 2.05 bits per heavy atom. The maximum atomic E-state index is 12.4. The van der Waals surface area contributed by atoms with Crippen LogP contribution >= 0.6 is 12.4 Å². The van der Waals surface area contributed by atoms with E-state index in [2.05, 4.69) is 10.1 Å². The van der Waals surface area contributed by atoms with E-state index in [9.17, 15) is 9.59 Å². The highest BCUT2D eigenvalue weighted by Gasteiger charge is 2.36. The van der Waals surface area contributed by atoms with Gasteiger partial charge in [0, 0.05) is 13.6 Å². The largest absolute Gasteiger partial charge is 0.469 e. The Bertz CT molecular complexity index is 317. The number of nitrogens with one attached hydrogen (secondary N) is 1. The number of amides is 1. The molecule has 0 aliphatic carbocycles. The number of hydrogen-bond donors (Lipinski definition) is 1. The summed E-state index contributed by atoms with van der Waals surface area (Å²) >= 11 is 0. The third-order valence-corrected chi connectivity index (χ3v) is 3.59. The van der Waals surface area contributed by atoms with Gasteiger partial charge in [-0.2, -0.15) is 0 Å². The molecule has 1 aliphatic rings. The Balaban J connectivity index is 0.00000324. The number of esters is 1. The van der Waals surface area contributed by atoms with E-state index in [-0.39, 0.29) is 30.2 Å². The van der Waals surface area contributed by atoms with E-state index in [0.29, 0.717) is 6.54 Å². The molecule has 19 heavy (non-hydrogen) atoms. The summed E-state index contributed by atoms with van der Waals surface area (Å²) in [4.78, 5) is 25.4. The first-order valence-corrected chi connectivity index (χ1v) is 6.49. The number of ether oxygens (including phenoxy) is 1. The van der Waals surface area contributed by atoms with E-state index < -0.39 is 5.54 Å². The van der Waals surface area contributed by atoms with Crippen molar-refractivity contribution in [1.82, 2.24) is 10.2 Å². The van der Waals surface area contributed by atoms with Gasteiger partial charge in [-0.05, 0) is 32.7 Å². The van der Waals surface area contributed by atoms with Crippen LogP contribution in [0.5, 0.6) is 0 Å². The summed E-state index contributed by atoms with van der Waals surface area (Å²) in [5.41, 5.74) is -0.483. The summed E-state index contributed by atoms with van der Waals surface area (Å²) in [5, 5.41) is 3.29. The molecule has 1 heterocycles. The molecular weight excluding hydrogens is 268 g/mol. The van der Waals surface area contributed by atoms with Crippen molar-refractivity contribution in [2.45, 2.75) is 38.6 Å². The molecule has 0 aromatic carbocycles. The van der Waals surface area contributed by atoms with Crippen LogP contribution in [-0.4, -0.2) is 49.6 Å². The van der Waals surface area contributed by atoms with Crippen LogP contribution in [0.3, 0.4) is 0 Å². The van der Waals surface area contributed by atoms with Crippen molar-refractivity contribution in [2.75, 3.05) is 27.2 Å². The lowest BCUT2D eigenvalue weighted by molar-refractivity contribution is -0.147. The lowest BCUT2D eigenvalue weighted by atomic mass is 9.89. The molecule has 1 amide bonds. The maximum absolute atomic E-state index is 12.4. The van der Waals surface area contributed by atoms with E-state index in [1.807, 2.05) is 6.92 Å². The molecule has 2 unspecified atom stereocenters. The molecule has 0 aromatic rings. The van der Waals surface area contributed by atoms with Crippen molar-refractivity contribution < 1.29 is 14.3 Å². The topological polar surface area (TPSA) is 58.6 Å². The van der Waals surface area contributed by atoms with E-state index in [1.54, 1.807) is 18.9 Å². The van der Waals surface area contributed by atoms with Gasteiger partial charge in [0.25, 0.3) is 0 Å². The SMILES string of the molecule is COC(=O)C(C)CN(C)C(=O)C1(C)CCCCN1.Cl. The zero-order valence-corrected chi connectivity index (χ0v) is 13.0. The van der Waals surface area contributed by atoms with E-state index >= 15 is 0 Å². The van der Waals surface area contributed by atoms with Crippen molar-refractivity contribution >= 4 is 24.3 Å². The average Bonchev–Trinajstić information content (AvgIpc) is 2.37. The fourth-order valence-electron chi connectivity index (χ4n) is 2.43. The van der Waals surface area contributed by atoms with Gasteiger partial charge in [0.2, 0.25) is 5.91 Å². The molecular formula is C13H25ClN2O3. The smallest absolute Gasteiger partial charge is 0.310 e. The van der Waals surface area contributed by atoms with E-state index in [4.69, 9.17) is 0 Å². The molecule has 0 saturated carbocycles. The second-order valence-corrected chi connectivity index (χ2v) is 5.33. The minimum absolute atomic E-state index is 0. The standard InChI is InChI=1S/C13H24N2O3.ClH/c1-10(11(16)18-4)9-15(3)12(17)13(2)7-5-6-8-14-13;/h10,14H,5-9H2,1-4H3;1H. The van der Waals surface area contributed by atoms with Gasteiger partial charge in [0.15, 0.2) is 0 Å². The summed E-state index contributed by atoms with van der Waals surface area (Å²) < 4.78 is 4.67. The molecule has 2 atom stereocenters. The summed E-state index contributed by atoms with van der Waals surface area (Å²) in [6.45, 7) is 4.98. The Morgan fingerprint density at radius 1 is 1.42 bits per heavy atom. The number of carbonyl (C=O) groups excluding carboxylic acids is 2. The molecule has 1 fully saturated rings. The molecule has 1 N–H and O–H groups in total. The monoisotopic (exact) mass is 292 g/mol. The number of carbonyl (C=O) groups is 2. The van der Waals surface area contributed by atoms with Gasteiger partial charge in [-0.1, -0.05) is 6.92 Å². The normalized spacial score (nSPS) is 24.0. The van der Waals surface area contributed by atoms with Crippen molar-refractivity contribution in [3.63, 3.8) is 0 Å². The number of nitrogens with zero attached hydrogens (tertiary/aromatic N) is 1. The Labute approximate surface area is 121 Å². The number of hydrogen-bond acceptors (Lipinski definition) is 4. The molecule has 0 spiro atoms. The van der Waals surface area contributed by atoms with Gasteiger partial charge in [-0.25, -0.2) is 0 Å². The zero-order valence-electron chi connectivity index (χ0n) is 12.2. The summed E-state index contributed by atoms with van der Waals surface area (Å²) in [6, 6.07) is 0. The third kappa shape index (κ3) is 4.66. The van der Waals surface area contributed by atoms with Crippen LogP contribution in [0.1, 0.15) is 33.1 Å². The van der Waals surface area contributed by atoms with Crippen LogP contribution in [0.4, 0.5) is 0 Å². The van der Waals surface area contributed by atoms with Gasteiger partial charge in [-0.15, -0.1) is 12.4 Å². The van der Waals surface area contributed by atoms with Crippen molar-refractivity contribution in [2.24, 2.45) is 5.92 Å². The first kappa shape index (κ1) is 18.2. The highest BCUT2D eigenvalue weighted by Crippen LogP contribution is 2.21. The van der Waals surface area contributed by atoms with Crippen LogP contribution in [0.25, 0.3) is 0 Å². The highest BCUT2D eigenvalue weighted by atomic mass is 35.5. The molecule has 1 saturated heterocycles. The summed E-state index contributed by atoms with van der Waals surface area (Å²) in [6.07, 6.45) is 3.03. The zero-order chi connectivity index (χ0) is 13.8. The van der Waals surface area contributed by atoms with Gasteiger partial charge in [-0.3, -0.25) is 9.59 Å². The average molecular weight is 293 g/mol. The minimum Gasteiger partial charge on any atom is -0.469 e. The molecule has 5 nitrogen and oxygen atoms in total. The maximum Gasteiger partial charge on any atom is 0.310 e. The predicted molar refractivity (Wildman–Crippen MR) is 76.3 cm³/mol. The molecule has 112 valence electrons. The van der Waals surface area contributed by atoms with Crippen molar-refractivity contribution in [3.05, 3.63) is 0 Å². The fourth-order valence-corrected chi connectivity index (χ4v) is 2.43. The minimum atomic E-state index is -0.483. The lowest BCUT2D eigenvalue weighted by Gasteiger charge is -2.37. The second kappa shape index (κ2) is 7.70. The van der Waals surface area contributed by atoms with Gasteiger partial charge in [0.05, 0.1) is 18.6 Å². The van der Waals surface area contributed by atoms with Gasteiger partial charge < -0.3 is 15.0 Å². The Morgan fingerprint density at radius 3 is 2.53 bits per heavy atom. The van der Waals surface area contributed by atoms with E-state index in [1.165, 1.54) is 7.11 Å². The van der Waals surface area contributed by atoms with E-state index in [0.717, 1.165) is 25.8 Å². The van der Waals surface area contributed by atoms with Crippen molar-refractivity contribution in [1.29, 1.82) is 0 Å². The van der Waals surface area contributed by atoms with Crippen molar-refractivity contribution in [3.8, 4) is 0 Å². The first-order valence-electron chi connectivity index (χ1n) is 6.49. The molecule has 6 heteroatoms. The quantitative estimate of drug-likeness (QED) is 0.791. The second-order valence-electron chi connectivity index (χ2n) is 5.33. The number of halogens is 1.